The van der Waals surface area contributed by atoms with Crippen LogP contribution >= 0.6 is 0 Å². The van der Waals surface area contributed by atoms with Crippen LogP contribution in [0.3, 0.4) is 0 Å². The summed E-state index contributed by atoms with van der Waals surface area (Å²) in [5, 5.41) is 2.62. The third-order valence-electron chi connectivity index (χ3n) is 3.88. The summed E-state index contributed by atoms with van der Waals surface area (Å²) in [7, 11) is 0.400. The number of benzene rings is 2. The molecule has 7 nitrogen and oxygen atoms in total. The molecule has 0 heterocycles. The number of ether oxygens (including phenoxy) is 2. The molecule has 1 amide bonds. The van der Waals surface area contributed by atoms with Crippen molar-refractivity contribution in [3.05, 3.63) is 47.5 Å². The van der Waals surface area contributed by atoms with Gasteiger partial charge in [-0.1, -0.05) is 6.07 Å². The number of rotatable bonds is 7. The maximum Gasteiger partial charge on any atom is 0.387 e. The van der Waals surface area contributed by atoms with E-state index in [0.717, 1.165) is 4.31 Å². The van der Waals surface area contributed by atoms with Crippen LogP contribution < -0.4 is 14.8 Å². The number of hydrogen-bond acceptors (Lipinski definition) is 5. The van der Waals surface area contributed by atoms with Gasteiger partial charge in [0, 0.05) is 25.3 Å². The quantitative estimate of drug-likeness (QED) is 0.753. The van der Waals surface area contributed by atoms with E-state index in [2.05, 4.69) is 10.1 Å². The van der Waals surface area contributed by atoms with Gasteiger partial charge in [-0.25, -0.2) is 12.7 Å². The van der Waals surface area contributed by atoms with Crippen LogP contribution in [0.5, 0.6) is 11.5 Å². The lowest BCUT2D eigenvalue weighted by Crippen LogP contribution is -2.22. The first-order valence-corrected chi connectivity index (χ1v) is 9.47. The number of halogens is 2. The van der Waals surface area contributed by atoms with Gasteiger partial charge in [0.2, 0.25) is 10.0 Å². The standard InChI is InChI=1S/C18H20F2N2O5S/c1-11-5-7-13(28(24,25)22(2)3)10-14(11)21-17(23)12-6-8-15(27-18(19)20)16(9-12)26-4/h5-10,18H,1-4H3,(H,21,23). The molecule has 28 heavy (non-hydrogen) atoms. The van der Waals surface area contributed by atoms with E-state index in [-0.39, 0.29) is 22.0 Å². The van der Waals surface area contributed by atoms with Gasteiger partial charge in [-0.15, -0.1) is 0 Å². The van der Waals surface area contributed by atoms with Gasteiger partial charge in [-0.2, -0.15) is 8.78 Å². The average Bonchev–Trinajstić information content (AvgIpc) is 2.62. The van der Waals surface area contributed by atoms with Gasteiger partial charge in [0.05, 0.1) is 12.0 Å². The van der Waals surface area contributed by atoms with Crippen LogP contribution in [0.15, 0.2) is 41.3 Å². The first kappa shape index (κ1) is 21.6. The number of sulfonamides is 1. The van der Waals surface area contributed by atoms with Crippen molar-refractivity contribution in [3.8, 4) is 11.5 Å². The molecule has 0 fully saturated rings. The summed E-state index contributed by atoms with van der Waals surface area (Å²) in [4.78, 5) is 12.6. The Morgan fingerprint density at radius 1 is 1.11 bits per heavy atom. The molecule has 0 aliphatic heterocycles. The molecule has 2 aromatic rings. The molecule has 2 aromatic carbocycles. The van der Waals surface area contributed by atoms with Gasteiger partial charge in [0.1, 0.15) is 0 Å². The molecule has 0 saturated carbocycles. The summed E-state index contributed by atoms with van der Waals surface area (Å²) in [6.07, 6.45) is 0. The third kappa shape index (κ3) is 4.76. The number of carbonyl (C=O) groups is 1. The predicted octanol–water partition coefficient (Wildman–Crippen LogP) is 3.11. The number of nitrogens with zero attached hydrogens (tertiary/aromatic N) is 1. The molecule has 0 atom stereocenters. The lowest BCUT2D eigenvalue weighted by molar-refractivity contribution is -0.0512. The fraction of sp³-hybridized carbons (Fsp3) is 0.278. The van der Waals surface area contributed by atoms with Crippen molar-refractivity contribution in [3.63, 3.8) is 0 Å². The molecular formula is C18H20F2N2O5S. The van der Waals surface area contributed by atoms with Gasteiger partial charge >= 0.3 is 6.61 Å². The van der Waals surface area contributed by atoms with E-state index in [4.69, 9.17) is 4.74 Å². The van der Waals surface area contributed by atoms with Crippen LogP contribution in [0.1, 0.15) is 15.9 Å². The number of hydrogen-bond donors (Lipinski definition) is 1. The minimum absolute atomic E-state index is 0.0247. The van der Waals surface area contributed by atoms with Gasteiger partial charge in [0.15, 0.2) is 11.5 Å². The fourth-order valence-corrected chi connectivity index (χ4v) is 3.23. The highest BCUT2D eigenvalue weighted by molar-refractivity contribution is 7.89. The van der Waals surface area contributed by atoms with E-state index in [1.54, 1.807) is 13.0 Å². The SMILES string of the molecule is COc1cc(C(=O)Nc2cc(S(=O)(=O)N(C)C)ccc2C)ccc1OC(F)F. The Morgan fingerprint density at radius 3 is 2.36 bits per heavy atom. The zero-order valence-electron chi connectivity index (χ0n) is 15.7. The highest BCUT2D eigenvalue weighted by atomic mass is 32.2. The topological polar surface area (TPSA) is 84.9 Å². The first-order valence-electron chi connectivity index (χ1n) is 8.03. The number of anilines is 1. The molecule has 0 saturated heterocycles. The summed E-state index contributed by atoms with van der Waals surface area (Å²) in [5.41, 5.74) is 1.08. The zero-order chi connectivity index (χ0) is 21.1. The molecular weight excluding hydrogens is 394 g/mol. The molecule has 0 bridgehead atoms. The molecule has 10 heteroatoms. The highest BCUT2D eigenvalue weighted by Crippen LogP contribution is 2.30. The van der Waals surface area contributed by atoms with E-state index in [9.17, 15) is 22.0 Å². The van der Waals surface area contributed by atoms with Crippen molar-refractivity contribution in [2.75, 3.05) is 26.5 Å². The number of amides is 1. The molecule has 0 unspecified atom stereocenters. The number of carbonyl (C=O) groups excluding carboxylic acids is 1. The second-order valence-electron chi connectivity index (χ2n) is 5.96. The predicted molar refractivity (Wildman–Crippen MR) is 99.6 cm³/mol. The summed E-state index contributed by atoms with van der Waals surface area (Å²) < 4.78 is 59.7. The molecule has 0 spiro atoms. The van der Waals surface area contributed by atoms with Crippen LogP contribution in [0, 0.1) is 6.92 Å². The Bertz CT molecular complexity index is 978. The Balaban J connectivity index is 2.32. The summed E-state index contributed by atoms with van der Waals surface area (Å²) in [5.74, 6) is -0.803. The minimum atomic E-state index is -3.67. The molecule has 152 valence electrons. The monoisotopic (exact) mass is 414 g/mol. The van der Waals surface area contributed by atoms with Crippen molar-refractivity contribution in [2.24, 2.45) is 0 Å². The second-order valence-corrected chi connectivity index (χ2v) is 8.11. The molecule has 0 aliphatic carbocycles. The summed E-state index contributed by atoms with van der Waals surface area (Å²) in [6, 6.07) is 8.12. The van der Waals surface area contributed by atoms with Gasteiger partial charge in [-0.05, 0) is 42.8 Å². The van der Waals surface area contributed by atoms with E-state index in [0.29, 0.717) is 11.3 Å². The van der Waals surface area contributed by atoms with Gasteiger partial charge < -0.3 is 14.8 Å². The van der Waals surface area contributed by atoms with E-state index in [1.165, 1.54) is 51.5 Å². The van der Waals surface area contributed by atoms with Gasteiger partial charge in [0.25, 0.3) is 5.91 Å². The van der Waals surface area contributed by atoms with Gasteiger partial charge in [-0.3, -0.25) is 4.79 Å². The smallest absolute Gasteiger partial charge is 0.387 e. The minimum Gasteiger partial charge on any atom is -0.493 e. The van der Waals surface area contributed by atoms with E-state index < -0.39 is 22.5 Å². The lowest BCUT2D eigenvalue weighted by atomic mass is 10.1. The van der Waals surface area contributed by atoms with Crippen molar-refractivity contribution < 1.29 is 31.5 Å². The summed E-state index contributed by atoms with van der Waals surface area (Å²) >= 11 is 0. The average molecular weight is 414 g/mol. The number of nitrogens with one attached hydrogen (secondary N) is 1. The molecule has 0 aliphatic rings. The van der Waals surface area contributed by atoms with E-state index >= 15 is 0 Å². The van der Waals surface area contributed by atoms with Crippen molar-refractivity contribution in [1.82, 2.24) is 4.31 Å². The second kappa shape index (κ2) is 8.53. The largest absolute Gasteiger partial charge is 0.493 e. The number of alkyl halides is 2. The number of aryl methyl sites for hydroxylation is 1. The number of methoxy groups -OCH3 is 1. The zero-order valence-corrected chi connectivity index (χ0v) is 16.5. The highest BCUT2D eigenvalue weighted by Gasteiger charge is 2.19. The Kier molecular flexibility index (Phi) is 6.57. The third-order valence-corrected chi connectivity index (χ3v) is 5.69. The van der Waals surface area contributed by atoms with Crippen LogP contribution in [0.4, 0.5) is 14.5 Å². The van der Waals surface area contributed by atoms with Crippen molar-refractivity contribution >= 4 is 21.6 Å². The molecule has 0 radical (unpaired) electrons. The normalized spacial score (nSPS) is 11.6. The van der Waals surface area contributed by atoms with Crippen molar-refractivity contribution in [2.45, 2.75) is 18.4 Å². The molecule has 1 N–H and O–H groups in total. The maximum absolute atomic E-state index is 12.5. The molecule has 2 rings (SSSR count). The van der Waals surface area contributed by atoms with Crippen molar-refractivity contribution in [1.29, 1.82) is 0 Å². The van der Waals surface area contributed by atoms with Crippen LogP contribution in [0.2, 0.25) is 0 Å². The summed E-state index contributed by atoms with van der Waals surface area (Å²) in [6.45, 7) is -1.32. The van der Waals surface area contributed by atoms with E-state index in [1.807, 2.05) is 0 Å². The Morgan fingerprint density at radius 2 is 1.79 bits per heavy atom. The van der Waals surface area contributed by atoms with Crippen LogP contribution in [0.25, 0.3) is 0 Å². The van der Waals surface area contributed by atoms with Crippen LogP contribution in [-0.4, -0.2) is 46.4 Å². The lowest BCUT2D eigenvalue weighted by Gasteiger charge is -2.15. The molecule has 0 aromatic heterocycles. The fourth-order valence-electron chi connectivity index (χ4n) is 2.30. The maximum atomic E-state index is 12.5. The Hall–Kier alpha value is -2.72. The Labute approximate surface area is 161 Å². The van der Waals surface area contributed by atoms with Crippen LogP contribution in [-0.2, 0) is 10.0 Å². The first-order chi connectivity index (χ1) is 13.1.